The van der Waals surface area contributed by atoms with E-state index in [4.69, 9.17) is 0 Å². The first kappa shape index (κ1) is 19.1. The van der Waals surface area contributed by atoms with Gasteiger partial charge in [0.1, 0.15) is 17.2 Å². The monoisotopic (exact) mass is 391 g/mol. The van der Waals surface area contributed by atoms with Crippen LogP contribution in [0.15, 0.2) is 36.4 Å². The zero-order chi connectivity index (χ0) is 20.4. The van der Waals surface area contributed by atoms with Gasteiger partial charge in [0.2, 0.25) is 0 Å². The molecule has 1 unspecified atom stereocenters. The second-order valence-corrected chi connectivity index (χ2v) is 7.68. The number of aromatic nitrogens is 3. The molecule has 2 N–H and O–H groups in total. The quantitative estimate of drug-likeness (QED) is 0.715. The van der Waals surface area contributed by atoms with E-state index in [2.05, 4.69) is 20.3 Å². The molecule has 0 saturated carbocycles. The van der Waals surface area contributed by atoms with Crippen molar-refractivity contribution in [2.45, 2.75) is 26.7 Å². The fraction of sp³-hybridized carbons (Fsp3) is 0.364. The number of amides is 2. The number of aryl methyl sites for hydroxylation is 2. The number of nitrogens with zero attached hydrogens (tertiary/aromatic N) is 3. The third-order valence-electron chi connectivity index (χ3n) is 5.32. The Morgan fingerprint density at radius 1 is 1.21 bits per heavy atom. The number of benzene rings is 1. The van der Waals surface area contributed by atoms with Crippen molar-refractivity contribution in [3.63, 3.8) is 0 Å². The Bertz CT molecular complexity index is 1010. The lowest BCUT2D eigenvalue weighted by molar-refractivity contribution is 0.0664. The predicted octanol–water partition coefficient (Wildman–Crippen LogP) is 2.86. The fourth-order valence-electron chi connectivity index (χ4n) is 3.93. The van der Waals surface area contributed by atoms with Crippen LogP contribution in [0.4, 0.5) is 0 Å². The number of nitrogens with one attached hydrogen (secondary N) is 2. The summed E-state index contributed by atoms with van der Waals surface area (Å²) in [5.41, 5.74) is 2.74. The van der Waals surface area contributed by atoms with Gasteiger partial charge in [-0.1, -0.05) is 18.2 Å². The Kier molecular flexibility index (Phi) is 5.29. The van der Waals surface area contributed by atoms with E-state index < -0.39 is 0 Å². The maximum atomic E-state index is 12.9. The van der Waals surface area contributed by atoms with Crippen LogP contribution in [-0.4, -0.2) is 51.3 Å². The summed E-state index contributed by atoms with van der Waals surface area (Å²) in [6.07, 6.45) is 1.90. The number of piperidine rings is 1. The second-order valence-electron chi connectivity index (χ2n) is 7.68. The van der Waals surface area contributed by atoms with Crippen molar-refractivity contribution >= 4 is 22.7 Å². The Balaban J connectivity index is 1.37. The van der Waals surface area contributed by atoms with Gasteiger partial charge in [0, 0.05) is 36.2 Å². The smallest absolute Gasteiger partial charge is 0.272 e. The van der Waals surface area contributed by atoms with E-state index in [1.807, 2.05) is 42.2 Å². The molecule has 2 amide bonds. The average molecular weight is 391 g/mol. The normalized spacial score (nSPS) is 16.8. The molecule has 1 saturated heterocycles. The molecule has 0 aliphatic carbocycles. The van der Waals surface area contributed by atoms with Gasteiger partial charge in [-0.3, -0.25) is 9.59 Å². The van der Waals surface area contributed by atoms with Gasteiger partial charge in [-0.15, -0.1) is 0 Å². The van der Waals surface area contributed by atoms with Gasteiger partial charge in [0.15, 0.2) is 0 Å². The molecule has 1 fully saturated rings. The van der Waals surface area contributed by atoms with E-state index in [9.17, 15) is 9.59 Å². The van der Waals surface area contributed by atoms with Gasteiger partial charge in [-0.25, -0.2) is 9.97 Å². The maximum Gasteiger partial charge on any atom is 0.272 e. The lowest BCUT2D eigenvalue weighted by Crippen LogP contribution is -2.44. The standard InChI is InChI=1S/C22H25N5O2/c1-14-10-20(25-15(2)24-14)22(29)27-9-5-6-16(13-27)12-23-21(28)19-11-17-7-3-4-8-18(17)26-19/h3-4,7-8,10-11,16,26H,5-6,9,12-13H2,1-2H3,(H,23,28). The number of carbonyl (C=O) groups is 2. The van der Waals surface area contributed by atoms with E-state index in [0.29, 0.717) is 36.8 Å². The van der Waals surface area contributed by atoms with Gasteiger partial charge in [0.25, 0.3) is 11.8 Å². The second kappa shape index (κ2) is 8.03. The molecule has 150 valence electrons. The van der Waals surface area contributed by atoms with E-state index in [1.165, 1.54) is 0 Å². The van der Waals surface area contributed by atoms with E-state index in [0.717, 1.165) is 29.4 Å². The summed E-state index contributed by atoms with van der Waals surface area (Å²) in [4.78, 5) is 38.9. The summed E-state index contributed by atoms with van der Waals surface area (Å²) in [5, 5.41) is 4.03. The van der Waals surface area contributed by atoms with Crippen LogP contribution in [0.5, 0.6) is 0 Å². The summed E-state index contributed by atoms with van der Waals surface area (Å²) in [6, 6.07) is 11.4. The van der Waals surface area contributed by atoms with Gasteiger partial charge < -0.3 is 15.2 Å². The summed E-state index contributed by atoms with van der Waals surface area (Å²) in [7, 11) is 0. The summed E-state index contributed by atoms with van der Waals surface area (Å²) >= 11 is 0. The van der Waals surface area contributed by atoms with Crippen molar-refractivity contribution in [1.29, 1.82) is 0 Å². The summed E-state index contributed by atoms with van der Waals surface area (Å²) in [6.45, 7) is 5.54. The minimum atomic E-state index is -0.119. The zero-order valence-corrected chi connectivity index (χ0v) is 16.7. The number of likely N-dealkylation sites (tertiary alicyclic amines) is 1. The van der Waals surface area contributed by atoms with Gasteiger partial charge in [-0.2, -0.15) is 0 Å². The first-order valence-electron chi connectivity index (χ1n) is 9.97. The summed E-state index contributed by atoms with van der Waals surface area (Å²) in [5.74, 6) is 0.648. The molecule has 0 bridgehead atoms. The minimum absolute atomic E-state index is 0.0646. The number of aromatic amines is 1. The molecular weight excluding hydrogens is 366 g/mol. The molecule has 0 radical (unpaired) electrons. The van der Waals surface area contributed by atoms with Crippen LogP contribution in [0.3, 0.4) is 0 Å². The van der Waals surface area contributed by atoms with Crippen molar-refractivity contribution in [2.24, 2.45) is 5.92 Å². The van der Waals surface area contributed by atoms with Crippen LogP contribution in [0.2, 0.25) is 0 Å². The number of fused-ring (bicyclic) bond motifs is 1. The van der Waals surface area contributed by atoms with Crippen LogP contribution in [0.1, 0.15) is 45.3 Å². The topological polar surface area (TPSA) is 91.0 Å². The van der Waals surface area contributed by atoms with E-state index in [1.54, 1.807) is 13.0 Å². The lowest BCUT2D eigenvalue weighted by Gasteiger charge is -2.32. The Morgan fingerprint density at radius 2 is 2.03 bits per heavy atom. The van der Waals surface area contributed by atoms with Gasteiger partial charge >= 0.3 is 0 Å². The Labute approximate surface area is 169 Å². The lowest BCUT2D eigenvalue weighted by atomic mass is 9.97. The molecule has 7 nitrogen and oxygen atoms in total. The van der Waals surface area contributed by atoms with E-state index in [-0.39, 0.29) is 17.7 Å². The molecule has 0 spiro atoms. The number of H-pyrrole nitrogens is 1. The SMILES string of the molecule is Cc1cc(C(=O)N2CCCC(CNC(=O)c3cc4ccccc4[nH]3)C2)nc(C)n1. The molecule has 1 aromatic carbocycles. The Hall–Kier alpha value is -3.22. The van der Waals surface area contributed by atoms with Crippen LogP contribution in [0, 0.1) is 19.8 Å². The van der Waals surface area contributed by atoms with Crippen LogP contribution in [-0.2, 0) is 0 Å². The number of rotatable bonds is 4. The first-order chi connectivity index (χ1) is 14.0. The molecule has 29 heavy (non-hydrogen) atoms. The first-order valence-corrected chi connectivity index (χ1v) is 9.97. The minimum Gasteiger partial charge on any atom is -0.351 e. The van der Waals surface area contributed by atoms with Crippen molar-refractivity contribution in [3.05, 3.63) is 59.3 Å². The molecule has 3 aromatic rings. The molecule has 3 heterocycles. The number of carbonyl (C=O) groups excluding carboxylic acids is 2. The highest BCUT2D eigenvalue weighted by atomic mass is 16.2. The van der Waals surface area contributed by atoms with E-state index >= 15 is 0 Å². The molecule has 1 aliphatic rings. The molecule has 7 heteroatoms. The van der Waals surface area contributed by atoms with Gasteiger partial charge in [-0.05, 0) is 50.8 Å². The largest absolute Gasteiger partial charge is 0.351 e. The zero-order valence-electron chi connectivity index (χ0n) is 16.7. The Morgan fingerprint density at radius 3 is 2.83 bits per heavy atom. The van der Waals surface area contributed by atoms with Crippen LogP contribution in [0.25, 0.3) is 10.9 Å². The van der Waals surface area contributed by atoms with Crippen molar-refractivity contribution in [3.8, 4) is 0 Å². The average Bonchev–Trinajstić information content (AvgIpc) is 3.15. The van der Waals surface area contributed by atoms with Crippen molar-refractivity contribution in [1.82, 2.24) is 25.2 Å². The molecule has 1 aliphatic heterocycles. The third kappa shape index (κ3) is 4.29. The number of hydrogen-bond acceptors (Lipinski definition) is 4. The van der Waals surface area contributed by atoms with Gasteiger partial charge in [0.05, 0.1) is 0 Å². The highest BCUT2D eigenvalue weighted by molar-refractivity contribution is 5.98. The summed E-state index contributed by atoms with van der Waals surface area (Å²) < 4.78 is 0. The highest BCUT2D eigenvalue weighted by Gasteiger charge is 2.26. The molecule has 4 rings (SSSR count). The molecular formula is C22H25N5O2. The predicted molar refractivity (Wildman–Crippen MR) is 111 cm³/mol. The fourth-order valence-corrected chi connectivity index (χ4v) is 3.93. The van der Waals surface area contributed by atoms with Crippen LogP contribution < -0.4 is 5.32 Å². The highest BCUT2D eigenvalue weighted by Crippen LogP contribution is 2.19. The van der Waals surface area contributed by atoms with Crippen molar-refractivity contribution < 1.29 is 9.59 Å². The molecule has 2 aromatic heterocycles. The molecule has 1 atom stereocenters. The van der Waals surface area contributed by atoms with Crippen molar-refractivity contribution in [2.75, 3.05) is 19.6 Å². The third-order valence-corrected chi connectivity index (χ3v) is 5.32. The van der Waals surface area contributed by atoms with Crippen LogP contribution >= 0.6 is 0 Å². The number of hydrogen-bond donors (Lipinski definition) is 2. The number of para-hydroxylation sites is 1. The maximum absolute atomic E-state index is 12.9.